The van der Waals surface area contributed by atoms with E-state index in [1.165, 1.54) is 30.0 Å². The van der Waals surface area contributed by atoms with Gasteiger partial charge in [0.25, 0.3) is 0 Å². The fraction of sp³-hybridized carbons (Fsp3) is 0.500. The fourth-order valence-electron chi connectivity index (χ4n) is 5.64. The second kappa shape index (κ2) is 13.8. The molecule has 1 aliphatic rings. The van der Waals surface area contributed by atoms with Gasteiger partial charge in [0, 0.05) is 30.4 Å². The number of nitrogens with zero attached hydrogens (tertiary/aromatic N) is 1. The van der Waals surface area contributed by atoms with Crippen LogP contribution in [-0.2, 0) is 28.6 Å². The first-order valence-corrected chi connectivity index (χ1v) is 15.6. The summed E-state index contributed by atoms with van der Waals surface area (Å²) in [6.07, 6.45) is 6.32. The molecular weight excluding hydrogens is 520 g/mol. The molecule has 0 aliphatic heterocycles. The summed E-state index contributed by atoms with van der Waals surface area (Å²) in [5.41, 5.74) is 6.93. The number of anilines is 2. The number of aliphatic hydroxyl groups excluding tert-OH is 1. The van der Waals surface area contributed by atoms with Gasteiger partial charge in [0.1, 0.15) is 5.82 Å². The zero-order chi connectivity index (χ0) is 30.3. The van der Waals surface area contributed by atoms with E-state index in [1.807, 2.05) is 25.1 Å². The summed E-state index contributed by atoms with van der Waals surface area (Å²) in [6, 6.07) is 20.8. The smallest absolute Gasteiger partial charge is 0.217 e. The zero-order valence-corrected chi connectivity index (χ0v) is 26.4. The molecule has 1 aliphatic carbocycles. The highest BCUT2D eigenvalue weighted by molar-refractivity contribution is 5.73. The lowest BCUT2D eigenvalue weighted by atomic mass is 9.85. The van der Waals surface area contributed by atoms with Crippen LogP contribution in [0.25, 0.3) is 0 Å². The molecule has 6 heteroatoms. The highest BCUT2D eigenvalue weighted by atomic mass is 16.3. The first kappa shape index (κ1) is 31.7. The van der Waals surface area contributed by atoms with Crippen molar-refractivity contribution >= 4 is 17.4 Å². The van der Waals surface area contributed by atoms with Crippen LogP contribution in [0.3, 0.4) is 0 Å². The minimum Gasteiger partial charge on any atom is -0.390 e. The third-order valence-electron chi connectivity index (χ3n) is 8.36. The van der Waals surface area contributed by atoms with Crippen molar-refractivity contribution in [2.45, 2.75) is 110 Å². The van der Waals surface area contributed by atoms with Gasteiger partial charge in [-0.25, -0.2) is 4.98 Å². The second-order valence-electron chi connectivity index (χ2n) is 13.1. The number of benzene rings is 2. The second-order valence-corrected chi connectivity index (χ2v) is 13.1. The van der Waals surface area contributed by atoms with Crippen LogP contribution in [0.1, 0.15) is 94.7 Å². The summed E-state index contributed by atoms with van der Waals surface area (Å²) >= 11 is 0. The SMILES string of the molecule is CCCCCc1cc(C[C@H](NC(C)=O)[C@@H](O)CNC2(c3cccc(C(C)(C)C)c3)CC2)ccc1Nc1cccc(C)n1. The number of aliphatic hydroxyl groups is 1. The van der Waals surface area contributed by atoms with Crippen molar-refractivity contribution in [3.8, 4) is 0 Å². The minimum absolute atomic E-state index is 0.0825. The van der Waals surface area contributed by atoms with Gasteiger partial charge < -0.3 is 21.1 Å². The van der Waals surface area contributed by atoms with Crippen LogP contribution in [0.4, 0.5) is 11.5 Å². The van der Waals surface area contributed by atoms with E-state index < -0.39 is 12.1 Å². The molecule has 0 bridgehead atoms. The number of nitrogens with one attached hydrogen (secondary N) is 3. The lowest BCUT2D eigenvalue weighted by molar-refractivity contribution is -0.120. The Kier molecular flexibility index (Phi) is 10.4. The molecule has 6 nitrogen and oxygen atoms in total. The molecule has 1 saturated carbocycles. The summed E-state index contributed by atoms with van der Waals surface area (Å²) in [7, 11) is 0. The number of hydrogen-bond acceptors (Lipinski definition) is 5. The Morgan fingerprint density at radius 1 is 1.05 bits per heavy atom. The molecule has 0 saturated heterocycles. The van der Waals surface area contributed by atoms with Crippen molar-refractivity contribution in [3.63, 3.8) is 0 Å². The van der Waals surface area contributed by atoms with Crippen LogP contribution in [0, 0.1) is 6.92 Å². The molecule has 42 heavy (non-hydrogen) atoms. The molecule has 2 aromatic carbocycles. The van der Waals surface area contributed by atoms with E-state index in [4.69, 9.17) is 0 Å². The van der Waals surface area contributed by atoms with Crippen LogP contribution in [0.15, 0.2) is 60.7 Å². The number of carbonyl (C=O) groups is 1. The number of hydrogen-bond donors (Lipinski definition) is 4. The van der Waals surface area contributed by atoms with Gasteiger partial charge in [-0.15, -0.1) is 0 Å². The van der Waals surface area contributed by atoms with E-state index >= 15 is 0 Å². The number of rotatable bonds is 14. The fourth-order valence-corrected chi connectivity index (χ4v) is 5.64. The molecule has 1 heterocycles. The third kappa shape index (κ3) is 8.65. The number of unbranched alkanes of at least 4 members (excludes halogenated alkanes) is 2. The Morgan fingerprint density at radius 3 is 2.48 bits per heavy atom. The molecule has 1 amide bonds. The number of carbonyl (C=O) groups excluding carboxylic acids is 1. The Labute approximate surface area is 252 Å². The van der Waals surface area contributed by atoms with E-state index in [-0.39, 0.29) is 16.9 Å². The van der Waals surface area contributed by atoms with Crippen molar-refractivity contribution in [2.24, 2.45) is 0 Å². The Bertz CT molecular complexity index is 1340. The molecule has 4 rings (SSSR count). The number of pyridine rings is 1. The standard InChI is InChI=1S/C36H50N4O2/c1-7-8-9-13-28-21-27(17-18-31(28)40-34-16-10-12-25(2)38-34)22-32(39-26(3)41)33(42)24-37-36(19-20-36)30-15-11-14-29(23-30)35(4,5)6/h10-12,14-18,21,23,32-33,37,42H,7-9,13,19-20,22,24H2,1-6H3,(H,38,40)(H,39,41)/t32-,33-/m0/s1. The van der Waals surface area contributed by atoms with E-state index in [0.29, 0.717) is 13.0 Å². The topological polar surface area (TPSA) is 86.3 Å². The first-order valence-electron chi connectivity index (χ1n) is 15.6. The van der Waals surface area contributed by atoms with Crippen molar-refractivity contribution in [2.75, 3.05) is 11.9 Å². The summed E-state index contributed by atoms with van der Waals surface area (Å²) in [6.45, 7) is 12.8. The summed E-state index contributed by atoms with van der Waals surface area (Å²) in [5.74, 6) is 0.698. The molecule has 0 spiro atoms. The van der Waals surface area contributed by atoms with Gasteiger partial charge in [0.2, 0.25) is 5.91 Å². The normalized spacial score (nSPS) is 15.6. The Balaban J connectivity index is 1.48. The Hall–Kier alpha value is -3.22. The lowest BCUT2D eigenvalue weighted by Crippen LogP contribution is -2.49. The van der Waals surface area contributed by atoms with E-state index in [0.717, 1.165) is 54.9 Å². The third-order valence-corrected chi connectivity index (χ3v) is 8.36. The number of aryl methyl sites for hydroxylation is 2. The molecule has 226 valence electrons. The van der Waals surface area contributed by atoms with E-state index in [1.54, 1.807) is 0 Å². The van der Waals surface area contributed by atoms with Crippen LogP contribution in [0.2, 0.25) is 0 Å². The van der Waals surface area contributed by atoms with Crippen LogP contribution in [-0.4, -0.2) is 34.7 Å². The highest BCUT2D eigenvalue weighted by Gasteiger charge is 2.44. The maximum Gasteiger partial charge on any atom is 0.217 e. The molecule has 1 aromatic heterocycles. The molecule has 0 unspecified atom stereocenters. The number of aromatic nitrogens is 1. The first-order chi connectivity index (χ1) is 20.0. The zero-order valence-electron chi connectivity index (χ0n) is 26.4. The quantitative estimate of drug-likeness (QED) is 0.159. The predicted octanol–water partition coefficient (Wildman–Crippen LogP) is 6.85. The highest BCUT2D eigenvalue weighted by Crippen LogP contribution is 2.46. The van der Waals surface area contributed by atoms with Gasteiger partial charge in [0.15, 0.2) is 0 Å². The average Bonchev–Trinajstić information content (AvgIpc) is 3.73. The monoisotopic (exact) mass is 570 g/mol. The van der Waals surface area contributed by atoms with Crippen molar-refractivity contribution in [3.05, 3.63) is 88.6 Å². The van der Waals surface area contributed by atoms with Gasteiger partial charge >= 0.3 is 0 Å². The van der Waals surface area contributed by atoms with Gasteiger partial charge in [-0.3, -0.25) is 4.79 Å². The molecule has 1 fully saturated rings. The van der Waals surface area contributed by atoms with Crippen molar-refractivity contribution in [1.29, 1.82) is 0 Å². The van der Waals surface area contributed by atoms with Gasteiger partial charge in [-0.05, 0) is 84.9 Å². The Morgan fingerprint density at radius 2 is 1.81 bits per heavy atom. The maximum absolute atomic E-state index is 12.2. The predicted molar refractivity (Wildman–Crippen MR) is 173 cm³/mol. The number of amides is 1. The van der Waals surface area contributed by atoms with Crippen LogP contribution < -0.4 is 16.0 Å². The molecular formula is C36H50N4O2. The maximum atomic E-state index is 12.2. The van der Waals surface area contributed by atoms with Crippen LogP contribution in [0.5, 0.6) is 0 Å². The average molecular weight is 571 g/mol. The summed E-state index contributed by atoms with van der Waals surface area (Å²) in [5, 5.41) is 21.6. The molecule has 2 atom stereocenters. The van der Waals surface area contributed by atoms with Gasteiger partial charge in [-0.2, -0.15) is 0 Å². The summed E-state index contributed by atoms with van der Waals surface area (Å²) in [4.78, 5) is 16.8. The summed E-state index contributed by atoms with van der Waals surface area (Å²) < 4.78 is 0. The van der Waals surface area contributed by atoms with Gasteiger partial charge in [-0.1, -0.05) is 83.0 Å². The van der Waals surface area contributed by atoms with Crippen molar-refractivity contribution < 1.29 is 9.90 Å². The van der Waals surface area contributed by atoms with Crippen LogP contribution >= 0.6 is 0 Å². The molecule has 3 aromatic rings. The molecule has 0 radical (unpaired) electrons. The van der Waals surface area contributed by atoms with E-state index in [9.17, 15) is 9.90 Å². The largest absolute Gasteiger partial charge is 0.390 e. The minimum atomic E-state index is -0.727. The van der Waals surface area contributed by atoms with Gasteiger partial charge in [0.05, 0.1) is 12.1 Å². The van der Waals surface area contributed by atoms with Crippen molar-refractivity contribution in [1.82, 2.24) is 15.6 Å². The molecule has 4 N–H and O–H groups in total. The lowest BCUT2D eigenvalue weighted by Gasteiger charge is -2.28. The van der Waals surface area contributed by atoms with E-state index in [2.05, 4.69) is 91.1 Å².